The van der Waals surface area contributed by atoms with E-state index in [2.05, 4.69) is 0 Å². The largest absolute Gasteiger partial charge is 0.301 e. The number of hydrogen-bond acceptors (Lipinski definition) is 5. The zero-order chi connectivity index (χ0) is 23.5. The molecule has 7 nitrogen and oxygen atoms in total. The lowest BCUT2D eigenvalue weighted by molar-refractivity contribution is -0.112. The lowest BCUT2D eigenvalue weighted by Gasteiger charge is -2.24. The third-order valence-corrected chi connectivity index (χ3v) is 6.63. The van der Waals surface area contributed by atoms with Crippen LogP contribution in [0.15, 0.2) is 48.5 Å². The normalized spacial score (nSPS) is 20.9. The maximum Gasteiger partial charge on any atom is 0.262 e. The molecule has 6 rings (SSSR count). The molecule has 2 saturated carbocycles. The summed E-state index contributed by atoms with van der Waals surface area (Å²) >= 11 is 0. The van der Waals surface area contributed by atoms with Crippen molar-refractivity contribution in [3.05, 3.63) is 70.8 Å². The molecule has 0 spiro atoms. The van der Waals surface area contributed by atoms with Crippen LogP contribution in [0.3, 0.4) is 0 Å². The zero-order valence-corrected chi connectivity index (χ0v) is 17.3. The van der Waals surface area contributed by atoms with Crippen LogP contribution in [0.1, 0.15) is 67.1 Å². The van der Waals surface area contributed by atoms with Crippen LogP contribution >= 0.6 is 0 Å². The molecule has 0 atom stereocenters. The van der Waals surface area contributed by atoms with Gasteiger partial charge >= 0.3 is 0 Å². The number of alkyl halides is 2. The third kappa shape index (κ3) is 2.95. The molecule has 0 unspecified atom stereocenters. The van der Waals surface area contributed by atoms with Gasteiger partial charge in [0, 0.05) is 0 Å². The Morgan fingerprint density at radius 2 is 1.03 bits per heavy atom. The van der Waals surface area contributed by atoms with Gasteiger partial charge in [0.05, 0.1) is 22.3 Å². The van der Waals surface area contributed by atoms with Crippen LogP contribution in [-0.4, -0.2) is 57.2 Å². The molecule has 0 aromatic heterocycles. The summed E-state index contributed by atoms with van der Waals surface area (Å²) in [6.07, 6.45) is -0.407. The number of carbonyl (C=O) groups is 5. The Hall–Kier alpha value is -3.75. The molecule has 168 valence electrons. The van der Waals surface area contributed by atoms with Crippen LogP contribution in [0, 0.1) is 0 Å². The molecule has 0 radical (unpaired) electrons. The van der Waals surface area contributed by atoms with Crippen molar-refractivity contribution in [3.8, 4) is 0 Å². The maximum atomic E-state index is 13.0. The summed E-state index contributed by atoms with van der Waals surface area (Å²) in [5.41, 5.74) is -1.14. The van der Waals surface area contributed by atoms with Crippen molar-refractivity contribution < 1.29 is 32.8 Å². The molecule has 4 aliphatic rings. The van der Waals surface area contributed by atoms with E-state index in [-0.39, 0.29) is 35.8 Å². The van der Waals surface area contributed by atoms with E-state index in [0.29, 0.717) is 30.3 Å². The highest BCUT2D eigenvalue weighted by Gasteiger charge is 2.62. The molecule has 9 heteroatoms. The summed E-state index contributed by atoms with van der Waals surface area (Å²) in [5, 5.41) is 0. The summed E-state index contributed by atoms with van der Waals surface area (Å²) < 4.78 is 25.9. The van der Waals surface area contributed by atoms with Crippen molar-refractivity contribution in [2.45, 2.75) is 43.2 Å². The molecular formula is C24H18F2N2O5. The second-order valence-electron chi connectivity index (χ2n) is 8.61. The molecule has 0 saturated heterocycles. The Morgan fingerprint density at radius 1 is 0.667 bits per heavy atom. The van der Waals surface area contributed by atoms with Gasteiger partial charge in [-0.2, -0.15) is 0 Å². The molecule has 0 N–H and O–H groups in total. The Morgan fingerprint density at radius 3 is 1.30 bits per heavy atom. The van der Waals surface area contributed by atoms with Crippen molar-refractivity contribution in [3.63, 3.8) is 0 Å². The summed E-state index contributed by atoms with van der Waals surface area (Å²) in [7, 11) is 0. The molecule has 2 fully saturated rings. The highest BCUT2D eigenvalue weighted by molar-refractivity contribution is 6.23. The van der Waals surface area contributed by atoms with Gasteiger partial charge in [-0.3, -0.25) is 29.0 Å². The fraction of sp³-hybridized carbons (Fsp3) is 0.292. The van der Waals surface area contributed by atoms with Gasteiger partial charge in [0.15, 0.2) is 0 Å². The third-order valence-electron chi connectivity index (χ3n) is 6.63. The Balaban J connectivity index is 0.000000139. The Labute approximate surface area is 187 Å². The van der Waals surface area contributed by atoms with Gasteiger partial charge in [-0.1, -0.05) is 24.3 Å². The maximum absolute atomic E-state index is 13.0. The van der Waals surface area contributed by atoms with Crippen molar-refractivity contribution >= 4 is 29.9 Å². The monoisotopic (exact) mass is 452 g/mol. The summed E-state index contributed by atoms with van der Waals surface area (Å²) in [6, 6.07) is 12.9. The predicted octanol–water partition coefficient (Wildman–Crippen LogP) is 3.09. The number of amides is 4. The number of carbonyl (C=O) groups excluding carboxylic acids is 5. The highest BCUT2D eigenvalue weighted by Crippen LogP contribution is 2.49. The number of aldehydes is 1. The first-order valence-corrected chi connectivity index (χ1v) is 10.5. The van der Waals surface area contributed by atoms with Gasteiger partial charge in [0.1, 0.15) is 17.4 Å². The number of rotatable bonds is 4. The number of fused-ring (bicyclic) bond motifs is 2. The smallest absolute Gasteiger partial charge is 0.262 e. The fourth-order valence-electron chi connectivity index (χ4n) is 4.38. The summed E-state index contributed by atoms with van der Waals surface area (Å²) in [6.45, 7) is 0. The van der Waals surface area contributed by atoms with E-state index in [1.165, 1.54) is 12.1 Å². The molecule has 2 aliphatic heterocycles. The van der Waals surface area contributed by atoms with E-state index >= 15 is 0 Å². The van der Waals surface area contributed by atoms with Crippen LogP contribution in [0.4, 0.5) is 8.78 Å². The summed E-state index contributed by atoms with van der Waals surface area (Å²) in [5.74, 6) is -1.87. The minimum Gasteiger partial charge on any atom is -0.301 e. The van der Waals surface area contributed by atoms with Gasteiger partial charge in [-0.25, -0.2) is 8.78 Å². The van der Waals surface area contributed by atoms with Gasteiger partial charge in [0.25, 0.3) is 30.1 Å². The van der Waals surface area contributed by atoms with E-state index in [4.69, 9.17) is 0 Å². The molecule has 2 aromatic carbocycles. The van der Waals surface area contributed by atoms with E-state index in [1.54, 1.807) is 36.4 Å². The average molecular weight is 452 g/mol. The number of halogens is 2. The van der Waals surface area contributed by atoms with Gasteiger partial charge < -0.3 is 4.79 Å². The first-order valence-electron chi connectivity index (χ1n) is 10.5. The van der Waals surface area contributed by atoms with Gasteiger partial charge in [-0.05, 0) is 49.9 Å². The molecule has 2 aliphatic carbocycles. The number of nitrogens with zero attached hydrogens (tertiary/aromatic N) is 2. The van der Waals surface area contributed by atoms with Crippen LogP contribution in [0.5, 0.6) is 0 Å². The van der Waals surface area contributed by atoms with Crippen LogP contribution in [0.2, 0.25) is 0 Å². The minimum atomic E-state index is -2.68. The first-order chi connectivity index (χ1) is 15.8. The lowest BCUT2D eigenvalue weighted by atomic mass is 10.1. The topological polar surface area (TPSA) is 91.8 Å². The second-order valence-corrected chi connectivity index (χ2v) is 8.61. The molecule has 33 heavy (non-hydrogen) atoms. The first kappa shape index (κ1) is 21.1. The second kappa shape index (κ2) is 7.13. The molecule has 4 amide bonds. The molecular weight excluding hydrogens is 434 g/mol. The van der Waals surface area contributed by atoms with Crippen LogP contribution in [-0.2, 0) is 4.79 Å². The van der Waals surface area contributed by atoms with Crippen molar-refractivity contribution in [1.29, 1.82) is 0 Å². The Kier molecular flexibility index (Phi) is 4.56. The highest BCUT2D eigenvalue weighted by atomic mass is 19.3. The van der Waals surface area contributed by atoms with Crippen LogP contribution < -0.4 is 0 Å². The van der Waals surface area contributed by atoms with Crippen molar-refractivity contribution in [2.75, 3.05) is 0 Å². The number of benzene rings is 2. The number of hydrogen-bond donors (Lipinski definition) is 0. The van der Waals surface area contributed by atoms with E-state index in [9.17, 15) is 32.8 Å². The quantitative estimate of drug-likeness (QED) is 0.525. The minimum absolute atomic E-state index is 0.191. The Bertz CT molecular complexity index is 1160. The average Bonchev–Trinajstić information content (AvgIpc) is 3.74. The predicted molar refractivity (Wildman–Crippen MR) is 110 cm³/mol. The van der Waals surface area contributed by atoms with Crippen LogP contribution in [0.25, 0.3) is 0 Å². The lowest BCUT2D eigenvalue weighted by Crippen LogP contribution is -2.46. The molecule has 2 heterocycles. The molecule has 0 bridgehead atoms. The SMILES string of the molecule is O=C1c2ccccc2C(=O)N1C1(C(F)F)CC1.O=CC1(N2C(=O)c3ccccc3C2=O)CC1. The van der Waals surface area contributed by atoms with E-state index in [1.807, 2.05) is 0 Å². The van der Waals surface area contributed by atoms with Crippen molar-refractivity contribution in [1.82, 2.24) is 9.80 Å². The van der Waals surface area contributed by atoms with Gasteiger partial charge in [-0.15, -0.1) is 0 Å². The van der Waals surface area contributed by atoms with Crippen molar-refractivity contribution in [2.24, 2.45) is 0 Å². The standard InChI is InChI=1S/C12H9F2NO2.C12H9NO3/c13-11(14)12(5-6-12)15-9(16)7-3-1-2-4-8(7)10(15)17;14-7-12(5-6-12)13-10(15)8-3-1-2-4-9(8)11(13)16/h1-4,11H,5-6H2;1-4,7H,5-6H2. The fourth-order valence-corrected chi connectivity index (χ4v) is 4.38. The molecule has 2 aromatic rings. The zero-order valence-electron chi connectivity index (χ0n) is 17.3. The summed E-state index contributed by atoms with van der Waals surface area (Å²) in [4.78, 5) is 60.8. The number of imide groups is 2. The van der Waals surface area contributed by atoms with E-state index in [0.717, 1.165) is 9.80 Å². The van der Waals surface area contributed by atoms with Gasteiger partial charge in [0.2, 0.25) is 0 Å². The van der Waals surface area contributed by atoms with E-state index < -0.39 is 29.3 Å².